The molecule has 1 aliphatic heterocycles. The summed E-state index contributed by atoms with van der Waals surface area (Å²) in [4.78, 5) is 0. The fourth-order valence-electron chi connectivity index (χ4n) is 2.95. The maximum atomic E-state index is 10.9. The summed E-state index contributed by atoms with van der Waals surface area (Å²) in [6.07, 6.45) is 0.726. The van der Waals surface area contributed by atoms with E-state index >= 15 is 0 Å². The second-order valence-electron chi connectivity index (χ2n) is 7.51. The monoisotopic (exact) mass is 282 g/mol. The molecule has 0 bridgehead atoms. The highest BCUT2D eigenvalue weighted by molar-refractivity contribution is 6.83. The van der Waals surface area contributed by atoms with Crippen molar-refractivity contribution in [3.63, 3.8) is 0 Å². The van der Waals surface area contributed by atoms with Crippen LogP contribution in [0.15, 0.2) is 0 Å². The molecule has 1 saturated heterocycles. The smallest absolute Gasteiger partial charge is 0.163 e. The number of rotatable bonds is 0. The van der Waals surface area contributed by atoms with Gasteiger partial charge in [-0.1, -0.05) is 32.5 Å². The zero-order valence-corrected chi connectivity index (χ0v) is 13.9. The first-order valence-corrected chi connectivity index (χ1v) is 10.6. The first kappa shape index (κ1) is 15.1. The van der Waals surface area contributed by atoms with Crippen LogP contribution in [0.3, 0.4) is 0 Å². The van der Waals surface area contributed by atoms with Gasteiger partial charge in [0.2, 0.25) is 0 Å². The minimum absolute atomic E-state index is 0.0284. The number of ether oxygens (including phenoxy) is 2. The molecule has 0 unspecified atom stereocenters. The minimum Gasteiger partial charge on any atom is -0.377 e. The van der Waals surface area contributed by atoms with Gasteiger partial charge in [-0.15, -0.1) is 5.54 Å². The molecule has 0 aromatic carbocycles. The quantitative estimate of drug-likeness (QED) is 0.548. The van der Waals surface area contributed by atoms with Gasteiger partial charge >= 0.3 is 0 Å². The van der Waals surface area contributed by atoms with Gasteiger partial charge in [0.1, 0.15) is 13.7 Å². The molecule has 1 N–H and O–H groups in total. The molecule has 19 heavy (non-hydrogen) atoms. The normalized spacial score (nSPS) is 41.3. The molecule has 4 atom stereocenters. The Morgan fingerprint density at radius 1 is 1.26 bits per heavy atom. The zero-order valence-electron chi connectivity index (χ0n) is 12.9. The van der Waals surface area contributed by atoms with Gasteiger partial charge in [-0.3, -0.25) is 0 Å². The van der Waals surface area contributed by atoms with E-state index in [0.717, 1.165) is 0 Å². The van der Waals surface area contributed by atoms with Crippen LogP contribution >= 0.6 is 0 Å². The van der Waals surface area contributed by atoms with Crippen molar-refractivity contribution >= 4 is 8.07 Å². The third kappa shape index (κ3) is 3.22. The summed E-state index contributed by atoms with van der Waals surface area (Å²) in [5, 5.41) is 10.9. The molecular weight excluding hydrogens is 256 g/mol. The van der Waals surface area contributed by atoms with Gasteiger partial charge in [0.25, 0.3) is 0 Å². The molecule has 1 aliphatic carbocycles. The Morgan fingerprint density at radius 2 is 1.89 bits per heavy atom. The molecule has 0 aromatic heterocycles. The van der Waals surface area contributed by atoms with Crippen molar-refractivity contribution in [2.24, 2.45) is 11.8 Å². The van der Waals surface area contributed by atoms with Crippen molar-refractivity contribution < 1.29 is 14.6 Å². The summed E-state index contributed by atoms with van der Waals surface area (Å²) >= 11 is 0. The third-order valence-corrected chi connectivity index (χ3v) is 4.76. The van der Waals surface area contributed by atoms with Crippen LogP contribution in [0.25, 0.3) is 0 Å². The van der Waals surface area contributed by atoms with Crippen LogP contribution in [0, 0.1) is 23.3 Å². The second-order valence-corrected chi connectivity index (χ2v) is 12.3. The summed E-state index contributed by atoms with van der Waals surface area (Å²) < 4.78 is 11.7. The second kappa shape index (κ2) is 4.59. The SMILES string of the molecule is C[C@H]1C[C@](O)(C#C[Si](C)(C)C)[C@H]2COC(C)(C)O[C@@H]12. The number of hydrogen-bond donors (Lipinski definition) is 1. The van der Waals surface area contributed by atoms with E-state index in [9.17, 15) is 5.11 Å². The lowest BCUT2D eigenvalue weighted by molar-refractivity contribution is -0.300. The van der Waals surface area contributed by atoms with Crippen LogP contribution < -0.4 is 0 Å². The summed E-state index contributed by atoms with van der Waals surface area (Å²) in [6, 6.07) is 0. The molecule has 4 heteroatoms. The zero-order chi connectivity index (χ0) is 14.5. The molecule has 108 valence electrons. The van der Waals surface area contributed by atoms with Gasteiger partial charge in [0.05, 0.1) is 12.7 Å². The van der Waals surface area contributed by atoms with Crippen LogP contribution in [0.2, 0.25) is 19.6 Å². The van der Waals surface area contributed by atoms with Crippen LogP contribution in [-0.4, -0.2) is 37.3 Å². The van der Waals surface area contributed by atoms with Gasteiger partial charge in [-0.2, -0.15) is 0 Å². The molecule has 0 aromatic rings. The number of hydrogen-bond acceptors (Lipinski definition) is 3. The Morgan fingerprint density at radius 3 is 2.47 bits per heavy atom. The van der Waals surface area contributed by atoms with E-state index in [1.807, 2.05) is 13.8 Å². The molecule has 0 spiro atoms. The van der Waals surface area contributed by atoms with E-state index in [4.69, 9.17) is 9.47 Å². The van der Waals surface area contributed by atoms with Crippen LogP contribution in [0.1, 0.15) is 27.2 Å². The highest BCUT2D eigenvalue weighted by atomic mass is 28.3. The minimum atomic E-state index is -1.48. The number of fused-ring (bicyclic) bond motifs is 1. The van der Waals surface area contributed by atoms with Crippen molar-refractivity contribution in [2.75, 3.05) is 6.61 Å². The predicted molar refractivity (Wildman–Crippen MR) is 78.2 cm³/mol. The molecule has 0 radical (unpaired) electrons. The molecule has 2 fully saturated rings. The fourth-order valence-corrected chi connectivity index (χ4v) is 3.54. The average molecular weight is 282 g/mol. The highest BCUT2D eigenvalue weighted by Gasteiger charge is 2.55. The Bertz CT molecular complexity index is 415. The summed E-state index contributed by atoms with van der Waals surface area (Å²) in [6.45, 7) is 13.1. The highest BCUT2D eigenvalue weighted by Crippen LogP contribution is 2.46. The molecule has 3 nitrogen and oxygen atoms in total. The summed E-state index contributed by atoms with van der Waals surface area (Å²) in [5.41, 5.74) is 2.36. The lowest BCUT2D eigenvalue weighted by atomic mass is 9.90. The Hall–Kier alpha value is -0.343. The first-order chi connectivity index (χ1) is 8.53. The van der Waals surface area contributed by atoms with Crippen molar-refractivity contribution in [3.8, 4) is 11.5 Å². The summed E-state index contributed by atoms with van der Waals surface area (Å²) in [7, 11) is -1.48. The predicted octanol–water partition coefficient (Wildman–Crippen LogP) is 2.41. The van der Waals surface area contributed by atoms with Gasteiger partial charge in [0, 0.05) is 5.92 Å². The number of aliphatic hydroxyl groups is 1. The van der Waals surface area contributed by atoms with Crippen LogP contribution in [-0.2, 0) is 9.47 Å². The Kier molecular flexibility index (Phi) is 3.64. The van der Waals surface area contributed by atoms with E-state index in [-0.39, 0.29) is 12.0 Å². The van der Waals surface area contributed by atoms with E-state index in [1.165, 1.54) is 0 Å². The first-order valence-electron chi connectivity index (χ1n) is 7.11. The van der Waals surface area contributed by atoms with Crippen molar-refractivity contribution in [1.82, 2.24) is 0 Å². The Labute approximate surface area is 117 Å². The molecule has 2 rings (SSSR count). The van der Waals surface area contributed by atoms with E-state index < -0.39 is 19.5 Å². The third-order valence-electron chi connectivity index (χ3n) is 3.89. The molecule has 1 saturated carbocycles. The topological polar surface area (TPSA) is 38.7 Å². The van der Waals surface area contributed by atoms with Crippen molar-refractivity contribution in [3.05, 3.63) is 0 Å². The summed E-state index contributed by atoms with van der Waals surface area (Å²) in [5.74, 6) is 2.90. The maximum Gasteiger partial charge on any atom is 0.163 e. The van der Waals surface area contributed by atoms with Gasteiger partial charge in [-0.25, -0.2) is 0 Å². The molecule has 2 aliphatic rings. The van der Waals surface area contributed by atoms with Gasteiger partial charge in [-0.05, 0) is 26.2 Å². The van der Waals surface area contributed by atoms with Crippen LogP contribution in [0.5, 0.6) is 0 Å². The lowest BCUT2D eigenvalue weighted by Crippen LogP contribution is -2.50. The van der Waals surface area contributed by atoms with Crippen LogP contribution in [0.4, 0.5) is 0 Å². The maximum absolute atomic E-state index is 10.9. The van der Waals surface area contributed by atoms with Gasteiger partial charge < -0.3 is 14.6 Å². The average Bonchev–Trinajstić information content (AvgIpc) is 2.46. The molecule has 0 amide bonds. The largest absolute Gasteiger partial charge is 0.377 e. The molecular formula is C15H26O3Si. The lowest BCUT2D eigenvalue weighted by Gasteiger charge is -2.41. The fraction of sp³-hybridized carbons (Fsp3) is 0.867. The van der Waals surface area contributed by atoms with Crippen molar-refractivity contribution in [1.29, 1.82) is 0 Å². The van der Waals surface area contributed by atoms with E-state index in [2.05, 4.69) is 38.0 Å². The van der Waals surface area contributed by atoms with Gasteiger partial charge in [0.15, 0.2) is 5.79 Å². The van der Waals surface area contributed by atoms with Crippen molar-refractivity contribution in [2.45, 2.75) is 64.3 Å². The van der Waals surface area contributed by atoms with E-state index in [0.29, 0.717) is 18.9 Å². The van der Waals surface area contributed by atoms with E-state index in [1.54, 1.807) is 0 Å². The standard InChI is InChI=1S/C15H26O3Si/c1-11-9-15(16,7-8-19(4,5)6)12-10-17-14(2,3)18-13(11)12/h11-13,16H,9-10H2,1-6H3/t11-,12-,13-,15+/m0/s1. The Balaban J connectivity index is 2.23. The molecule has 1 heterocycles.